The minimum absolute atomic E-state index is 0.259. The third kappa shape index (κ3) is 4.11. The number of amides is 1. The molecule has 1 amide bonds. The summed E-state index contributed by atoms with van der Waals surface area (Å²) >= 11 is 0. The fourth-order valence-electron chi connectivity index (χ4n) is 1.61. The van der Waals surface area contributed by atoms with Crippen molar-refractivity contribution in [2.24, 2.45) is 5.73 Å². The maximum atomic E-state index is 12.1. The van der Waals surface area contributed by atoms with Gasteiger partial charge in [-0.1, -0.05) is 17.9 Å². The van der Waals surface area contributed by atoms with Crippen LogP contribution in [0, 0.1) is 18.8 Å². The Morgan fingerprint density at radius 2 is 2.15 bits per heavy atom. The second-order valence-electron chi connectivity index (χ2n) is 4.25. The summed E-state index contributed by atoms with van der Waals surface area (Å²) in [5.41, 5.74) is 7.30. The van der Waals surface area contributed by atoms with Crippen LogP contribution in [0.3, 0.4) is 0 Å². The molecule has 0 aliphatic rings. The van der Waals surface area contributed by atoms with Crippen molar-refractivity contribution in [1.82, 2.24) is 5.32 Å². The van der Waals surface area contributed by atoms with Crippen molar-refractivity contribution >= 4 is 11.9 Å². The highest BCUT2D eigenvalue weighted by Crippen LogP contribution is 2.11. The van der Waals surface area contributed by atoms with Crippen LogP contribution in [-0.4, -0.2) is 31.6 Å². The summed E-state index contributed by atoms with van der Waals surface area (Å²) in [6, 6.07) is 4.60. The van der Waals surface area contributed by atoms with E-state index in [9.17, 15) is 9.59 Å². The Hall–Kier alpha value is -2.32. The predicted molar refractivity (Wildman–Crippen MR) is 76.1 cm³/mol. The highest BCUT2D eigenvalue weighted by Gasteiger charge is 2.18. The van der Waals surface area contributed by atoms with Gasteiger partial charge in [-0.05, 0) is 31.5 Å². The van der Waals surface area contributed by atoms with Crippen LogP contribution >= 0.6 is 0 Å². The SMILES string of the molecule is COC(=O)C(C)NC(=O)c1cc(C#CCN)ccc1C. The maximum absolute atomic E-state index is 12.1. The molecule has 20 heavy (non-hydrogen) atoms. The molecule has 0 spiro atoms. The van der Waals surface area contributed by atoms with Gasteiger partial charge in [0.05, 0.1) is 13.7 Å². The summed E-state index contributed by atoms with van der Waals surface area (Å²) in [4.78, 5) is 23.4. The van der Waals surface area contributed by atoms with Crippen molar-refractivity contribution in [1.29, 1.82) is 0 Å². The average molecular weight is 274 g/mol. The van der Waals surface area contributed by atoms with Gasteiger partial charge in [0, 0.05) is 11.1 Å². The van der Waals surface area contributed by atoms with Gasteiger partial charge in [0.25, 0.3) is 5.91 Å². The van der Waals surface area contributed by atoms with Crippen LogP contribution in [0.5, 0.6) is 0 Å². The maximum Gasteiger partial charge on any atom is 0.328 e. The van der Waals surface area contributed by atoms with Gasteiger partial charge in [-0.3, -0.25) is 4.79 Å². The van der Waals surface area contributed by atoms with Gasteiger partial charge in [-0.25, -0.2) is 4.79 Å². The van der Waals surface area contributed by atoms with E-state index >= 15 is 0 Å². The fraction of sp³-hybridized carbons (Fsp3) is 0.333. The molecule has 0 saturated heterocycles. The van der Waals surface area contributed by atoms with Crippen molar-refractivity contribution in [3.63, 3.8) is 0 Å². The number of nitrogens with two attached hydrogens (primary N) is 1. The highest BCUT2D eigenvalue weighted by molar-refractivity contribution is 5.98. The Kier molecular flexibility index (Phi) is 5.75. The van der Waals surface area contributed by atoms with E-state index < -0.39 is 12.0 Å². The number of aryl methyl sites for hydroxylation is 1. The number of benzene rings is 1. The lowest BCUT2D eigenvalue weighted by molar-refractivity contribution is -0.142. The topological polar surface area (TPSA) is 81.4 Å². The lowest BCUT2D eigenvalue weighted by atomic mass is 10.0. The Morgan fingerprint density at radius 3 is 2.75 bits per heavy atom. The average Bonchev–Trinajstić information content (AvgIpc) is 2.45. The number of carbonyl (C=O) groups excluding carboxylic acids is 2. The molecule has 1 aromatic carbocycles. The summed E-state index contributed by atoms with van der Waals surface area (Å²) in [6.07, 6.45) is 0. The summed E-state index contributed by atoms with van der Waals surface area (Å²) in [5, 5.41) is 2.58. The second kappa shape index (κ2) is 7.31. The van der Waals surface area contributed by atoms with Crippen molar-refractivity contribution in [3.05, 3.63) is 34.9 Å². The largest absolute Gasteiger partial charge is 0.467 e. The minimum Gasteiger partial charge on any atom is -0.467 e. The molecule has 0 aromatic heterocycles. The van der Waals surface area contributed by atoms with E-state index in [-0.39, 0.29) is 12.5 Å². The van der Waals surface area contributed by atoms with Crippen LogP contribution in [0.4, 0.5) is 0 Å². The molecule has 0 fully saturated rings. The van der Waals surface area contributed by atoms with Gasteiger partial charge >= 0.3 is 5.97 Å². The minimum atomic E-state index is -0.703. The quantitative estimate of drug-likeness (QED) is 0.624. The predicted octanol–water partition coefficient (Wildman–Crippen LogP) is 0.597. The van der Waals surface area contributed by atoms with Crippen LogP contribution in [0.2, 0.25) is 0 Å². The number of rotatable bonds is 3. The smallest absolute Gasteiger partial charge is 0.328 e. The van der Waals surface area contributed by atoms with Gasteiger partial charge in [0.15, 0.2) is 0 Å². The number of hydrogen-bond acceptors (Lipinski definition) is 4. The normalized spacial score (nSPS) is 11.0. The monoisotopic (exact) mass is 274 g/mol. The molecule has 0 bridgehead atoms. The van der Waals surface area contributed by atoms with Gasteiger partial charge in [0.1, 0.15) is 6.04 Å². The zero-order chi connectivity index (χ0) is 15.1. The molecule has 3 N–H and O–H groups in total. The van der Waals surface area contributed by atoms with Crippen molar-refractivity contribution in [2.75, 3.05) is 13.7 Å². The molecule has 1 aromatic rings. The van der Waals surface area contributed by atoms with E-state index in [1.165, 1.54) is 7.11 Å². The lowest BCUT2D eigenvalue weighted by Gasteiger charge is -2.13. The molecule has 1 rings (SSSR count). The molecule has 1 unspecified atom stereocenters. The van der Waals surface area contributed by atoms with E-state index in [2.05, 4.69) is 21.9 Å². The number of methoxy groups -OCH3 is 1. The molecular weight excluding hydrogens is 256 g/mol. The van der Waals surface area contributed by atoms with Gasteiger partial charge in [-0.2, -0.15) is 0 Å². The third-order valence-corrected chi connectivity index (χ3v) is 2.72. The first kappa shape index (κ1) is 15.7. The first-order valence-electron chi connectivity index (χ1n) is 6.18. The summed E-state index contributed by atoms with van der Waals surface area (Å²) in [6.45, 7) is 3.64. The molecular formula is C15H18N2O3. The zero-order valence-corrected chi connectivity index (χ0v) is 11.8. The van der Waals surface area contributed by atoms with E-state index in [0.29, 0.717) is 11.1 Å². The summed E-state index contributed by atoms with van der Waals surface area (Å²) in [5.74, 6) is 4.77. The Labute approximate surface area is 118 Å². The van der Waals surface area contributed by atoms with Crippen LogP contribution in [0.15, 0.2) is 18.2 Å². The Balaban J connectivity index is 2.94. The number of ether oxygens (including phenoxy) is 1. The standard InChI is InChI=1S/C15H18N2O3/c1-10-6-7-12(5-4-8-16)9-13(10)14(18)17-11(2)15(19)20-3/h6-7,9,11H,8,16H2,1-3H3,(H,17,18). The van der Waals surface area contributed by atoms with Crippen LogP contribution in [0.1, 0.15) is 28.4 Å². The third-order valence-electron chi connectivity index (χ3n) is 2.72. The number of hydrogen-bond donors (Lipinski definition) is 2. The van der Waals surface area contributed by atoms with E-state index in [4.69, 9.17) is 5.73 Å². The van der Waals surface area contributed by atoms with Crippen LogP contribution in [0.25, 0.3) is 0 Å². The lowest BCUT2D eigenvalue weighted by Crippen LogP contribution is -2.39. The Morgan fingerprint density at radius 1 is 1.45 bits per heavy atom. The number of carbonyl (C=O) groups is 2. The van der Waals surface area contributed by atoms with E-state index in [1.807, 2.05) is 13.0 Å². The highest BCUT2D eigenvalue weighted by atomic mass is 16.5. The molecule has 5 heteroatoms. The molecule has 1 atom stereocenters. The van der Waals surface area contributed by atoms with Crippen molar-refractivity contribution in [2.45, 2.75) is 19.9 Å². The van der Waals surface area contributed by atoms with Crippen LogP contribution < -0.4 is 11.1 Å². The second-order valence-corrected chi connectivity index (χ2v) is 4.25. The molecule has 0 radical (unpaired) electrons. The van der Waals surface area contributed by atoms with E-state index in [0.717, 1.165) is 5.56 Å². The molecule has 0 heterocycles. The molecule has 0 aliphatic heterocycles. The van der Waals surface area contributed by atoms with Gasteiger partial charge in [-0.15, -0.1) is 0 Å². The number of esters is 1. The first-order valence-corrected chi connectivity index (χ1v) is 6.18. The summed E-state index contributed by atoms with van der Waals surface area (Å²) < 4.78 is 4.57. The fourth-order valence-corrected chi connectivity index (χ4v) is 1.61. The molecule has 106 valence electrons. The van der Waals surface area contributed by atoms with Crippen LogP contribution in [-0.2, 0) is 9.53 Å². The molecule has 0 saturated carbocycles. The van der Waals surface area contributed by atoms with E-state index in [1.54, 1.807) is 19.1 Å². The summed E-state index contributed by atoms with van der Waals surface area (Å²) in [7, 11) is 1.28. The number of nitrogens with one attached hydrogen (secondary N) is 1. The first-order chi connectivity index (χ1) is 9.49. The molecule has 5 nitrogen and oxygen atoms in total. The zero-order valence-electron chi connectivity index (χ0n) is 11.8. The van der Waals surface area contributed by atoms with Crippen molar-refractivity contribution in [3.8, 4) is 11.8 Å². The van der Waals surface area contributed by atoms with Gasteiger partial charge < -0.3 is 15.8 Å². The van der Waals surface area contributed by atoms with Crippen molar-refractivity contribution < 1.29 is 14.3 Å². The Bertz CT molecular complexity index is 570. The molecule has 0 aliphatic carbocycles. The van der Waals surface area contributed by atoms with Gasteiger partial charge in [0.2, 0.25) is 0 Å².